The molecule has 1 saturated heterocycles. The summed E-state index contributed by atoms with van der Waals surface area (Å²) < 4.78 is 0. The zero-order valence-corrected chi connectivity index (χ0v) is 16.6. The predicted octanol–water partition coefficient (Wildman–Crippen LogP) is 4.12. The molecule has 0 amide bonds. The van der Waals surface area contributed by atoms with Crippen molar-refractivity contribution in [3.63, 3.8) is 0 Å². The summed E-state index contributed by atoms with van der Waals surface area (Å²) in [6, 6.07) is 1.73. The van der Waals surface area contributed by atoms with Crippen LogP contribution >= 0.6 is 23.2 Å². The molecule has 0 bridgehead atoms. The van der Waals surface area contributed by atoms with Crippen LogP contribution in [0.1, 0.15) is 25.7 Å². The van der Waals surface area contributed by atoms with Crippen LogP contribution < -0.4 is 16.0 Å². The second-order valence-corrected chi connectivity index (χ2v) is 8.34. The van der Waals surface area contributed by atoms with E-state index in [0.29, 0.717) is 15.7 Å². The van der Waals surface area contributed by atoms with Gasteiger partial charge in [0.15, 0.2) is 0 Å². The normalized spacial score (nSPS) is 22.7. The first-order valence-corrected chi connectivity index (χ1v) is 10.2. The van der Waals surface area contributed by atoms with Gasteiger partial charge in [-0.3, -0.25) is 0 Å². The fraction of sp³-hybridized carbons (Fsp3) is 0.526. The van der Waals surface area contributed by atoms with Crippen molar-refractivity contribution in [3.8, 4) is 0 Å². The van der Waals surface area contributed by atoms with Crippen molar-refractivity contribution in [2.75, 3.05) is 35.6 Å². The topological polar surface area (TPSA) is 80.0 Å². The number of nitrogens with two attached hydrogens (primary N) is 1. The number of halogens is 2. The quantitative estimate of drug-likeness (QED) is 0.750. The summed E-state index contributed by atoms with van der Waals surface area (Å²) in [5.74, 6) is 4.00. The SMILES string of the molecule is Nc1cnc(NCC[C@@H]2C[C@@H]2C2CCN(c3ncc(Cl)cn3)CC2)c(Cl)c1. The molecule has 2 aromatic heterocycles. The number of piperidine rings is 1. The summed E-state index contributed by atoms with van der Waals surface area (Å²) in [6.07, 6.45) is 9.90. The van der Waals surface area contributed by atoms with E-state index in [1.807, 2.05) is 0 Å². The second-order valence-electron chi connectivity index (χ2n) is 7.50. The first-order chi connectivity index (χ1) is 13.1. The summed E-state index contributed by atoms with van der Waals surface area (Å²) in [5.41, 5.74) is 6.26. The van der Waals surface area contributed by atoms with Crippen LogP contribution in [0.25, 0.3) is 0 Å². The molecule has 3 N–H and O–H groups in total. The van der Waals surface area contributed by atoms with Crippen molar-refractivity contribution in [3.05, 3.63) is 34.7 Å². The van der Waals surface area contributed by atoms with E-state index in [9.17, 15) is 0 Å². The Balaban J connectivity index is 1.19. The van der Waals surface area contributed by atoms with Crippen molar-refractivity contribution in [2.45, 2.75) is 25.7 Å². The highest BCUT2D eigenvalue weighted by molar-refractivity contribution is 6.33. The van der Waals surface area contributed by atoms with Gasteiger partial charge in [-0.25, -0.2) is 15.0 Å². The van der Waals surface area contributed by atoms with Gasteiger partial charge in [0.05, 0.1) is 34.3 Å². The molecule has 3 heterocycles. The van der Waals surface area contributed by atoms with Gasteiger partial charge in [-0.1, -0.05) is 23.2 Å². The largest absolute Gasteiger partial charge is 0.397 e. The minimum atomic E-state index is 0.582. The van der Waals surface area contributed by atoms with E-state index in [2.05, 4.69) is 25.2 Å². The molecular weight excluding hydrogens is 383 g/mol. The maximum atomic E-state index is 6.16. The zero-order valence-electron chi connectivity index (χ0n) is 15.1. The summed E-state index contributed by atoms with van der Waals surface area (Å²) >= 11 is 12.0. The van der Waals surface area contributed by atoms with E-state index in [4.69, 9.17) is 28.9 Å². The lowest BCUT2D eigenvalue weighted by molar-refractivity contribution is 0.343. The van der Waals surface area contributed by atoms with Gasteiger partial charge in [-0.05, 0) is 49.5 Å². The number of nitrogens with one attached hydrogen (secondary N) is 1. The molecule has 8 heteroatoms. The minimum Gasteiger partial charge on any atom is -0.397 e. The highest BCUT2D eigenvalue weighted by atomic mass is 35.5. The highest BCUT2D eigenvalue weighted by Gasteiger charge is 2.43. The van der Waals surface area contributed by atoms with Gasteiger partial charge in [0.1, 0.15) is 5.82 Å². The van der Waals surface area contributed by atoms with Gasteiger partial charge in [-0.15, -0.1) is 0 Å². The van der Waals surface area contributed by atoms with E-state index >= 15 is 0 Å². The molecular formula is C19H24Cl2N6. The van der Waals surface area contributed by atoms with Crippen LogP contribution in [0, 0.1) is 17.8 Å². The Kier molecular flexibility index (Phi) is 5.55. The zero-order chi connectivity index (χ0) is 18.8. The van der Waals surface area contributed by atoms with Crippen molar-refractivity contribution in [1.82, 2.24) is 15.0 Å². The Labute approximate surface area is 169 Å². The average Bonchev–Trinajstić information content (AvgIpc) is 3.44. The molecule has 0 aromatic carbocycles. The van der Waals surface area contributed by atoms with E-state index in [1.54, 1.807) is 24.7 Å². The number of hydrogen-bond donors (Lipinski definition) is 2. The summed E-state index contributed by atoms with van der Waals surface area (Å²) in [4.78, 5) is 15.2. The molecule has 144 valence electrons. The Hall–Kier alpha value is -1.79. The molecule has 0 unspecified atom stereocenters. The Morgan fingerprint density at radius 1 is 1.11 bits per heavy atom. The lowest BCUT2D eigenvalue weighted by Crippen LogP contribution is -2.35. The maximum Gasteiger partial charge on any atom is 0.225 e. The molecule has 1 saturated carbocycles. The molecule has 2 aliphatic rings. The molecule has 2 aromatic rings. The molecule has 27 heavy (non-hydrogen) atoms. The third kappa shape index (κ3) is 4.55. The Bertz CT molecular complexity index is 776. The molecule has 0 spiro atoms. The fourth-order valence-electron chi connectivity index (χ4n) is 4.14. The first kappa shape index (κ1) is 18.6. The summed E-state index contributed by atoms with van der Waals surface area (Å²) in [6.45, 7) is 2.95. The highest BCUT2D eigenvalue weighted by Crippen LogP contribution is 2.49. The van der Waals surface area contributed by atoms with E-state index < -0.39 is 0 Å². The van der Waals surface area contributed by atoms with Gasteiger partial charge in [0.25, 0.3) is 0 Å². The summed E-state index contributed by atoms with van der Waals surface area (Å²) in [7, 11) is 0. The molecule has 1 aliphatic carbocycles. The lowest BCUT2D eigenvalue weighted by Gasteiger charge is -2.32. The number of aromatic nitrogens is 3. The van der Waals surface area contributed by atoms with Crippen LogP contribution in [-0.4, -0.2) is 34.6 Å². The molecule has 6 nitrogen and oxygen atoms in total. The van der Waals surface area contributed by atoms with Crippen molar-refractivity contribution < 1.29 is 0 Å². The van der Waals surface area contributed by atoms with Gasteiger partial charge < -0.3 is 16.0 Å². The van der Waals surface area contributed by atoms with Crippen LogP contribution in [0.15, 0.2) is 24.7 Å². The molecule has 0 radical (unpaired) electrons. The van der Waals surface area contributed by atoms with Crippen molar-refractivity contribution in [2.24, 2.45) is 17.8 Å². The van der Waals surface area contributed by atoms with E-state index in [1.165, 1.54) is 19.3 Å². The Morgan fingerprint density at radius 3 is 2.56 bits per heavy atom. The standard InChI is InChI=1S/C19H24Cl2N6/c20-14-9-25-19(26-10-14)27-5-2-12(3-6-27)16-7-13(16)1-4-23-18-17(21)8-15(22)11-24-18/h8-13,16H,1-7,22H2,(H,23,24)/t13-,16-/m1/s1. The molecule has 1 aliphatic heterocycles. The third-order valence-corrected chi connectivity index (χ3v) is 6.17. The van der Waals surface area contributed by atoms with Gasteiger partial charge in [0.2, 0.25) is 5.95 Å². The molecule has 2 fully saturated rings. The minimum absolute atomic E-state index is 0.582. The number of anilines is 3. The second kappa shape index (κ2) is 8.07. The van der Waals surface area contributed by atoms with E-state index in [-0.39, 0.29) is 0 Å². The lowest BCUT2D eigenvalue weighted by atomic mass is 9.90. The van der Waals surface area contributed by atoms with Gasteiger partial charge >= 0.3 is 0 Å². The molecule has 4 rings (SSSR count). The van der Waals surface area contributed by atoms with Crippen LogP contribution in [0.3, 0.4) is 0 Å². The summed E-state index contributed by atoms with van der Waals surface area (Å²) in [5, 5.41) is 4.50. The van der Waals surface area contributed by atoms with Crippen LogP contribution in [0.5, 0.6) is 0 Å². The van der Waals surface area contributed by atoms with Crippen LogP contribution in [-0.2, 0) is 0 Å². The van der Waals surface area contributed by atoms with E-state index in [0.717, 1.165) is 55.6 Å². The number of nitrogen functional groups attached to an aromatic ring is 1. The molecule has 2 atom stereocenters. The smallest absolute Gasteiger partial charge is 0.225 e. The van der Waals surface area contributed by atoms with Crippen molar-refractivity contribution in [1.29, 1.82) is 0 Å². The first-order valence-electron chi connectivity index (χ1n) is 9.47. The van der Waals surface area contributed by atoms with Crippen LogP contribution in [0.4, 0.5) is 17.5 Å². The number of nitrogens with zero attached hydrogens (tertiary/aromatic N) is 4. The Morgan fingerprint density at radius 2 is 1.85 bits per heavy atom. The van der Waals surface area contributed by atoms with Crippen molar-refractivity contribution >= 4 is 40.7 Å². The monoisotopic (exact) mass is 406 g/mol. The predicted molar refractivity (Wildman–Crippen MR) is 110 cm³/mol. The third-order valence-electron chi connectivity index (χ3n) is 5.68. The number of rotatable bonds is 6. The number of hydrogen-bond acceptors (Lipinski definition) is 6. The fourth-order valence-corrected chi connectivity index (χ4v) is 4.47. The van der Waals surface area contributed by atoms with Crippen LogP contribution in [0.2, 0.25) is 10.0 Å². The van der Waals surface area contributed by atoms with Gasteiger partial charge in [0, 0.05) is 19.6 Å². The van der Waals surface area contributed by atoms with Gasteiger partial charge in [-0.2, -0.15) is 0 Å². The average molecular weight is 407 g/mol. The maximum absolute atomic E-state index is 6.16. The number of pyridine rings is 1.